The van der Waals surface area contributed by atoms with E-state index >= 15 is 0 Å². The normalized spacial score (nSPS) is 20.3. The molecule has 1 aromatic carbocycles. The molecule has 0 heterocycles. The van der Waals surface area contributed by atoms with Gasteiger partial charge in [0.1, 0.15) is 0 Å². The first-order chi connectivity index (χ1) is 7.77. The minimum Gasteiger partial charge on any atom is -0.324 e. The summed E-state index contributed by atoms with van der Waals surface area (Å²) >= 11 is 0. The van der Waals surface area contributed by atoms with Gasteiger partial charge in [0.2, 0.25) is 0 Å². The molecular formula is C15H23N. The number of benzene rings is 1. The molecule has 0 saturated carbocycles. The first kappa shape index (κ1) is 11.7. The standard InChI is InChI=1S/C15H23N/c1-3-11-9-10-12(4-2)15-13(11)7-5-6-8-14(15)16/h9-10,14H,3-8,16H2,1-2H3. The van der Waals surface area contributed by atoms with Gasteiger partial charge < -0.3 is 5.73 Å². The molecule has 0 saturated heterocycles. The van der Waals surface area contributed by atoms with Gasteiger partial charge >= 0.3 is 0 Å². The van der Waals surface area contributed by atoms with Gasteiger partial charge in [-0.25, -0.2) is 0 Å². The summed E-state index contributed by atoms with van der Waals surface area (Å²) in [6.07, 6.45) is 7.23. The third-order valence-corrected chi connectivity index (χ3v) is 3.87. The van der Waals surface area contributed by atoms with Crippen molar-refractivity contribution in [3.8, 4) is 0 Å². The lowest BCUT2D eigenvalue weighted by Crippen LogP contribution is -2.14. The minimum atomic E-state index is 0.277. The van der Waals surface area contributed by atoms with Gasteiger partial charge in [0, 0.05) is 6.04 Å². The van der Waals surface area contributed by atoms with Gasteiger partial charge in [0.25, 0.3) is 0 Å². The lowest BCUT2D eigenvalue weighted by molar-refractivity contribution is 0.612. The van der Waals surface area contributed by atoms with Crippen LogP contribution >= 0.6 is 0 Å². The van der Waals surface area contributed by atoms with Crippen molar-refractivity contribution in [1.29, 1.82) is 0 Å². The van der Waals surface area contributed by atoms with Gasteiger partial charge in [0.05, 0.1) is 0 Å². The maximum Gasteiger partial charge on any atom is 0.0300 e. The molecule has 1 heteroatoms. The first-order valence-electron chi connectivity index (χ1n) is 6.67. The predicted molar refractivity (Wildman–Crippen MR) is 69.7 cm³/mol. The largest absolute Gasteiger partial charge is 0.324 e. The molecule has 1 unspecified atom stereocenters. The molecular weight excluding hydrogens is 194 g/mol. The molecule has 88 valence electrons. The van der Waals surface area contributed by atoms with E-state index < -0.39 is 0 Å². The third-order valence-electron chi connectivity index (χ3n) is 3.87. The van der Waals surface area contributed by atoms with Crippen LogP contribution < -0.4 is 5.73 Å². The van der Waals surface area contributed by atoms with E-state index in [2.05, 4.69) is 26.0 Å². The van der Waals surface area contributed by atoms with Gasteiger partial charge in [-0.1, -0.05) is 32.4 Å². The fraction of sp³-hybridized carbons (Fsp3) is 0.600. The van der Waals surface area contributed by atoms with Crippen LogP contribution in [0.1, 0.15) is 61.4 Å². The van der Waals surface area contributed by atoms with Gasteiger partial charge in [-0.2, -0.15) is 0 Å². The van der Waals surface area contributed by atoms with E-state index in [4.69, 9.17) is 5.73 Å². The summed E-state index contributed by atoms with van der Waals surface area (Å²) in [5, 5.41) is 0. The fourth-order valence-electron chi connectivity index (χ4n) is 2.97. The molecule has 0 fully saturated rings. The van der Waals surface area contributed by atoms with Crippen molar-refractivity contribution in [1.82, 2.24) is 0 Å². The summed E-state index contributed by atoms with van der Waals surface area (Å²) in [6, 6.07) is 4.89. The predicted octanol–water partition coefficient (Wildman–Crippen LogP) is 3.54. The minimum absolute atomic E-state index is 0.277. The van der Waals surface area contributed by atoms with Crippen LogP contribution in [0.2, 0.25) is 0 Å². The molecule has 16 heavy (non-hydrogen) atoms. The number of hydrogen-bond acceptors (Lipinski definition) is 1. The maximum atomic E-state index is 6.35. The van der Waals surface area contributed by atoms with E-state index in [0.717, 1.165) is 19.3 Å². The second-order valence-electron chi connectivity index (χ2n) is 4.84. The highest BCUT2D eigenvalue weighted by Gasteiger charge is 2.19. The Morgan fingerprint density at radius 2 is 1.81 bits per heavy atom. The van der Waals surface area contributed by atoms with Gasteiger partial charge in [-0.15, -0.1) is 0 Å². The Morgan fingerprint density at radius 3 is 2.50 bits per heavy atom. The van der Waals surface area contributed by atoms with E-state index in [9.17, 15) is 0 Å². The molecule has 2 rings (SSSR count). The zero-order valence-corrected chi connectivity index (χ0v) is 10.6. The smallest absolute Gasteiger partial charge is 0.0300 e. The lowest BCUT2D eigenvalue weighted by atomic mass is 9.88. The van der Waals surface area contributed by atoms with E-state index in [1.165, 1.54) is 36.0 Å². The number of fused-ring (bicyclic) bond motifs is 1. The van der Waals surface area contributed by atoms with Crippen LogP contribution in [-0.2, 0) is 19.3 Å². The third kappa shape index (κ3) is 2.01. The van der Waals surface area contributed by atoms with Crippen LogP contribution in [-0.4, -0.2) is 0 Å². The molecule has 1 aliphatic rings. The molecule has 1 atom stereocenters. The lowest BCUT2D eigenvalue weighted by Gasteiger charge is -2.20. The number of hydrogen-bond donors (Lipinski definition) is 1. The Bertz CT molecular complexity index is 368. The van der Waals surface area contributed by atoms with Crippen LogP contribution in [0.15, 0.2) is 12.1 Å². The van der Waals surface area contributed by atoms with Crippen molar-refractivity contribution in [3.05, 3.63) is 34.4 Å². The van der Waals surface area contributed by atoms with Crippen LogP contribution in [0.25, 0.3) is 0 Å². The highest BCUT2D eigenvalue weighted by Crippen LogP contribution is 2.32. The second-order valence-corrected chi connectivity index (χ2v) is 4.84. The Labute approximate surface area is 99.0 Å². The molecule has 0 spiro atoms. The van der Waals surface area contributed by atoms with E-state index in [-0.39, 0.29) is 6.04 Å². The monoisotopic (exact) mass is 217 g/mol. The van der Waals surface area contributed by atoms with E-state index in [1.807, 2.05) is 0 Å². The van der Waals surface area contributed by atoms with Gasteiger partial charge in [0.15, 0.2) is 0 Å². The summed E-state index contributed by atoms with van der Waals surface area (Å²) in [5.74, 6) is 0. The summed E-state index contributed by atoms with van der Waals surface area (Å²) in [7, 11) is 0. The SMILES string of the molecule is CCc1ccc(CC)c2c1CCCCC2N. The molecule has 1 aromatic rings. The summed E-state index contributed by atoms with van der Waals surface area (Å²) in [5.41, 5.74) is 12.4. The number of nitrogens with two attached hydrogens (primary N) is 1. The van der Waals surface area contributed by atoms with Crippen molar-refractivity contribution in [2.24, 2.45) is 5.73 Å². The highest BCUT2D eigenvalue weighted by molar-refractivity contribution is 5.44. The van der Waals surface area contributed by atoms with Crippen molar-refractivity contribution in [2.45, 2.75) is 58.4 Å². The molecule has 0 aromatic heterocycles. The molecule has 1 nitrogen and oxygen atoms in total. The summed E-state index contributed by atoms with van der Waals surface area (Å²) < 4.78 is 0. The summed E-state index contributed by atoms with van der Waals surface area (Å²) in [6.45, 7) is 4.48. The topological polar surface area (TPSA) is 26.0 Å². The van der Waals surface area contributed by atoms with Gasteiger partial charge in [-0.3, -0.25) is 0 Å². The zero-order chi connectivity index (χ0) is 11.5. The molecule has 0 bridgehead atoms. The molecule has 1 aliphatic carbocycles. The second kappa shape index (κ2) is 5.01. The zero-order valence-electron chi connectivity index (χ0n) is 10.6. The van der Waals surface area contributed by atoms with Crippen LogP contribution in [0.3, 0.4) is 0 Å². The molecule has 0 aliphatic heterocycles. The maximum absolute atomic E-state index is 6.35. The van der Waals surface area contributed by atoms with Crippen LogP contribution in [0.4, 0.5) is 0 Å². The molecule has 0 radical (unpaired) electrons. The van der Waals surface area contributed by atoms with E-state index in [0.29, 0.717) is 0 Å². The van der Waals surface area contributed by atoms with E-state index in [1.54, 1.807) is 5.56 Å². The number of rotatable bonds is 2. The van der Waals surface area contributed by atoms with Crippen molar-refractivity contribution in [3.63, 3.8) is 0 Å². The Kier molecular flexibility index (Phi) is 3.65. The van der Waals surface area contributed by atoms with Crippen molar-refractivity contribution < 1.29 is 0 Å². The average molecular weight is 217 g/mol. The van der Waals surface area contributed by atoms with Crippen LogP contribution in [0, 0.1) is 0 Å². The van der Waals surface area contributed by atoms with Crippen molar-refractivity contribution >= 4 is 0 Å². The molecule has 2 N–H and O–H groups in total. The first-order valence-corrected chi connectivity index (χ1v) is 6.67. The fourth-order valence-corrected chi connectivity index (χ4v) is 2.97. The Morgan fingerprint density at radius 1 is 1.12 bits per heavy atom. The van der Waals surface area contributed by atoms with Crippen molar-refractivity contribution in [2.75, 3.05) is 0 Å². The quantitative estimate of drug-likeness (QED) is 0.753. The highest BCUT2D eigenvalue weighted by atomic mass is 14.6. The van der Waals surface area contributed by atoms with Crippen LogP contribution in [0.5, 0.6) is 0 Å². The van der Waals surface area contributed by atoms with Gasteiger partial charge in [-0.05, 0) is 54.4 Å². The summed E-state index contributed by atoms with van der Waals surface area (Å²) in [4.78, 5) is 0. The average Bonchev–Trinajstić information content (AvgIpc) is 2.51. The number of aryl methyl sites for hydroxylation is 2. The molecule has 0 amide bonds. The Hall–Kier alpha value is -0.820. The Balaban J connectivity index is 2.56.